The lowest BCUT2D eigenvalue weighted by Gasteiger charge is -2.48. The molecule has 1 fully saturated rings. The summed E-state index contributed by atoms with van der Waals surface area (Å²) in [5.74, 6) is 1.78. The molecule has 1 aliphatic rings. The Bertz CT molecular complexity index is 1890. The molecule has 0 N–H and O–H groups in total. The minimum atomic E-state index is -0.265. The molecule has 42 heavy (non-hydrogen) atoms. The van der Waals surface area contributed by atoms with Gasteiger partial charge in [-0.1, -0.05) is 73.7 Å². The fourth-order valence-electron chi connectivity index (χ4n) is 6.55. The second-order valence-electron chi connectivity index (χ2n) is 11.4. The predicted molar refractivity (Wildman–Crippen MR) is 164 cm³/mol. The van der Waals surface area contributed by atoms with Crippen LogP contribution in [0.1, 0.15) is 42.5 Å². The van der Waals surface area contributed by atoms with E-state index >= 15 is 0 Å². The largest absolute Gasteiger partial charge is 0.487 e. The number of halogens is 1. The SMILES string of the molecule is Cc1nc(-c2ccccc2-c2ccc(OCc3ccc4cc(F)ccc4n3)cc2C2(c3ccccc3)CC(C)C2)co1. The van der Waals surface area contributed by atoms with E-state index in [9.17, 15) is 4.39 Å². The molecule has 0 amide bonds. The number of rotatable bonds is 7. The Morgan fingerprint density at radius 3 is 2.38 bits per heavy atom. The summed E-state index contributed by atoms with van der Waals surface area (Å²) in [5.41, 5.74) is 8.13. The Morgan fingerprint density at radius 2 is 1.62 bits per heavy atom. The van der Waals surface area contributed by atoms with Gasteiger partial charge < -0.3 is 9.15 Å². The van der Waals surface area contributed by atoms with Crippen LogP contribution in [0.15, 0.2) is 114 Å². The van der Waals surface area contributed by atoms with E-state index in [1.807, 2.05) is 31.2 Å². The van der Waals surface area contributed by atoms with Crippen molar-refractivity contribution >= 4 is 10.9 Å². The Labute approximate surface area is 244 Å². The van der Waals surface area contributed by atoms with Crippen LogP contribution in [0.4, 0.5) is 4.39 Å². The molecule has 1 aliphatic carbocycles. The van der Waals surface area contributed by atoms with Crippen LogP contribution in [0.3, 0.4) is 0 Å². The van der Waals surface area contributed by atoms with Gasteiger partial charge in [-0.05, 0) is 77.4 Å². The van der Waals surface area contributed by atoms with E-state index < -0.39 is 0 Å². The molecule has 4 aromatic carbocycles. The fourth-order valence-corrected chi connectivity index (χ4v) is 6.55. The molecule has 4 nitrogen and oxygen atoms in total. The molecule has 6 aromatic rings. The van der Waals surface area contributed by atoms with Crippen LogP contribution in [0.5, 0.6) is 5.75 Å². The summed E-state index contributed by atoms with van der Waals surface area (Å²) in [6.45, 7) is 4.51. The van der Waals surface area contributed by atoms with Crippen LogP contribution in [0, 0.1) is 18.7 Å². The highest BCUT2D eigenvalue weighted by molar-refractivity contribution is 5.85. The van der Waals surface area contributed by atoms with E-state index in [-0.39, 0.29) is 11.2 Å². The smallest absolute Gasteiger partial charge is 0.191 e. The summed E-state index contributed by atoms with van der Waals surface area (Å²) < 4.78 is 25.6. The molecule has 0 atom stereocenters. The summed E-state index contributed by atoms with van der Waals surface area (Å²) >= 11 is 0. The average Bonchev–Trinajstić information content (AvgIpc) is 3.44. The molecule has 7 rings (SSSR count). The molecule has 5 heteroatoms. The minimum Gasteiger partial charge on any atom is -0.487 e. The number of nitrogens with zero attached hydrogens (tertiary/aromatic N) is 2. The molecular weight excluding hydrogens is 523 g/mol. The fraction of sp³-hybridized carbons (Fsp3) is 0.189. The van der Waals surface area contributed by atoms with Gasteiger partial charge in [0.25, 0.3) is 0 Å². The first-order valence-corrected chi connectivity index (χ1v) is 14.4. The summed E-state index contributed by atoms with van der Waals surface area (Å²) in [4.78, 5) is 9.34. The van der Waals surface area contributed by atoms with Crippen molar-refractivity contribution in [3.8, 4) is 28.1 Å². The van der Waals surface area contributed by atoms with E-state index in [2.05, 4.69) is 72.6 Å². The third-order valence-electron chi connectivity index (χ3n) is 8.43. The van der Waals surface area contributed by atoms with E-state index in [0.717, 1.165) is 52.0 Å². The number of hydrogen-bond acceptors (Lipinski definition) is 4. The van der Waals surface area contributed by atoms with Crippen LogP contribution in [-0.4, -0.2) is 9.97 Å². The predicted octanol–water partition coefficient (Wildman–Crippen LogP) is 9.30. The first-order valence-electron chi connectivity index (χ1n) is 14.4. The summed E-state index contributed by atoms with van der Waals surface area (Å²) in [6.07, 6.45) is 3.84. The van der Waals surface area contributed by atoms with Gasteiger partial charge in [-0.2, -0.15) is 0 Å². The standard InChI is InChI=1S/C37H31FN2O2/c1-24-20-37(21-24,27-8-4-3-5-9-27)34-19-30(42-22-29-14-12-26-18-28(38)13-17-35(26)40-29)15-16-32(34)31-10-6-7-11-33(31)36-23-41-25(2)39-36/h3-19,23-24H,20-22H2,1-2H3. The monoisotopic (exact) mass is 554 g/mol. The Hall–Kier alpha value is -4.77. The summed E-state index contributed by atoms with van der Waals surface area (Å²) in [5, 5.41) is 0.773. The lowest BCUT2D eigenvalue weighted by molar-refractivity contribution is 0.200. The van der Waals surface area contributed by atoms with Crippen LogP contribution in [0.2, 0.25) is 0 Å². The van der Waals surface area contributed by atoms with Gasteiger partial charge in [0.05, 0.1) is 11.2 Å². The van der Waals surface area contributed by atoms with Crippen molar-refractivity contribution in [1.29, 1.82) is 0 Å². The molecule has 0 radical (unpaired) electrons. The Kier molecular flexibility index (Phi) is 6.58. The summed E-state index contributed by atoms with van der Waals surface area (Å²) in [7, 11) is 0. The highest BCUT2D eigenvalue weighted by Gasteiger charge is 2.46. The first-order chi connectivity index (χ1) is 20.5. The number of benzene rings is 4. The van der Waals surface area contributed by atoms with Gasteiger partial charge >= 0.3 is 0 Å². The molecule has 2 aromatic heterocycles. The summed E-state index contributed by atoms with van der Waals surface area (Å²) in [6, 6.07) is 34.1. The van der Waals surface area contributed by atoms with E-state index in [4.69, 9.17) is 14.1 Å². The van der Waals surface area contributed by atoms with Gasteiger partial charge in [0.2, 0.25) is 0 Å². The zero-order valence-corrected chi connectivity index (χ0v) is 23.7. The maximum Gasteiger partial charge on any atom is 0.191 e. The van der Waals surface area contributed by atoms with Gasteiger partial charge in [-0.15, -0.1) is 0 Å². The minimum absolute atomic E-state index is 0.131. The van der Waals surface area contributed by atoms with Crippen molar-refractivity contribution in [3.05, 3.63) is 138 Å². The van der Waals surface area contributed by atoms with E-state index in [1.165, 1.54) is 28.8 Å². The third kappa shape index (κ3) is 4.75. The Morgan fingerprint density at radius 1 is 0.833 bits per heavy atom. The highest BCUT2D eigenvalue weighted by atomic mass is 19.1. The maximum absolute atomic E-state index is 13.6. The van der Waals surface area contributed by atoms with Gasteiger partial charge in [-0.3, -0.25) is 0 Å². The molecule has 2 heterocycles. The number of fused-ring (bicyclic) bond motifs is 1. The zero-order valence-electron chi connectivity index (χ0n) is 23.7. The van der Waals surface area contributed by atoms with Crippen LogP contribution in [0.25, 0.3) is 33.3 Å². The number of aromatic nitrogens is 2. The lowest BCUT2D eigenvalue weighted by atomic mass is 9.55. The second kappa shape index (κ2) is 10.6. The average molecular weight is 555 g/mol. The number of pyridine rings is 1. The van der Waals surface area contributed by atoms with Gasteiger partial charge in [0, 0.05) is 23.3 Å². The first kappa shape index (κ1) is 26.1. The molecule has 1 saturated carbocycles. The molecular formula is C37H31FN2O2. The van der Waals surface area contributed by atoms with E-state index in [0.29, 0.717) is 18.4 Å². The van der Waals surface area contributed by atoms with Crippen LogP contribution in [-0.2, 0) is 12.0 Å². The zero-order chi connectivity index (χ0) is 28.7. The molecule has 0 saturated heterocycles. The van der Waals surface area contributed by atoms with Crippen molar-refractivity contribution in [3.63, 3.8) is 0 Å². The van der Waals surface area contributed by atoms with Gasteiger partial charge in [0.1, 0.15) is 30.1 Å². The normalized spacial score (nSPS) is 18.1. The number of ether oxygens (including phenoxy) is 1. The van der Waals surface area contributed by atoms with Crippen LogP contribution >= 0.6 is 0 Å². The highest BCUT2D eigenvalue weighted by Crippen LogP contribution is 2.55. The molecule has 0 bridgehead atoms. The number of hydrogen-bond donors (Lipinski definition) is 0. The maximum atomic E-state index is 13.6. The van der Waals surface area contributed by atoms with Gasteiger partial charge in [-0.25, -0.2) is 14.4 Å². The topological polar surface area (TPSA) is 48.2 Å². The lowest BCUT2D eigenvalue weighted by Crippen LogP contribution is -2.41. The van der Waals surface area contributed by atoms with Gasteiger partial charge in [0.15, 0.2) is 5.89 Å². The molecule has 0 spiro atoms. The molecule has 0 aliphatic heterocycles. The van der Waals surface area contributed by atoms with E-state index in [1.54, 1.807) is 12.3 Å². The number of oxazole rings is 1. The van der Waals surface area contributed by atoms with Crippen molar-refractivity contribution in [2.45, 2.75) is 38.7 Å². The third-order valence-corrected chi connectivity index (χ3v) is 8.43. The number of aryl methyl sites for hydroxylation is 1. The van der Waals surface area contributed by atoms with Crippen molar-refractivity contribution in [1.82, 2.24) is 9.97 Å². The quantitative estimate of drug-likeness (QED) is 0.197. The van der Waals surface area contributed by atoms with Crippen LogP contribution < -0.4 is 4.74 Å². The van der Waals surface area contributed by atoms with Crippen molar-refractivity contribution in [2.24, 2.45) is 5.92 Å². The molecule has 0 unspecified atom stereocenters. The Balaban J connectivity index is 1.32. The van der Waals surface area contributed by atoms with Crippen molar-refractivity contribution < 1.29 is 13.5 Å². The van der Waals surface area contributed by atoms with Crippen molar-refractivity contribution in [2.75, 3.05) is 0 Å². The molecule has 208 valence electrons. The second-order valence-corrected chi connectivity index (χ2v) is 11.4.